The van der Waals surface area contributed by atoms with Crippen molar-refractivity contribution in [2.24, 2.45) is 0 Å². The molecule has 0 aliphatic heterocycles. The standard InChI is InChI=1S/C25H18ClFN4O3/c1-15-6-8-16(9-7-15)13-31-24(32)18-4-2-3-5-21(18)30(25(31)33)14-22-28-23(29-34-22)17-10-11-20(27)19(26)12-17/h2-12H,13-14H2,1H3. The van der Waals surface area contributed by atoms with Gasteiger partial charge in [0.2, 0.25) is 11.7 Å². The molecule has 0 unspecified atom stereocenters. The fraction of sp³-hybridized carbons (Fsp3) is 0.120. The van der Waals surface area contributed by atoms with E-state index < -0.39 is 11.5 Å². The van der Waals surface area contributed by atoms with Gasteiger partial charge in [-0.25, -0.2) is 9.18 Å². The molecule has 3 aromatic carbocycles. The van der Waals surface area contributed by atoms with Gasteiger partial charge in [0.1, 0.15) is 12.4 Å². The molecular formula is C25H18ClFN4O3. The van der Waals surface area contributed by atoms with Gasteiger partial charge in [-0.3, -0.25) is 13.9 Å². The highest BCUT2D eigenvalue weighted by molar-refractivity contribution is 6.31. The Kier molecular flexibility index (Phi) is 5.59. The number of aromatic nitrogens is 4. The highest BCUT2D eigenvalue weighted by Crippen LogP contribution is 2.23. The molecule has 170 valence electrons. The molecule has 9 heteroatoms. The Morgan fingerprint density at radius 2 is 1.74 bits per heavy atom. The van der Waals surface area contributed by atoms with Gasteiger partial charge < -0.3 is 4.52 Å². The summed E-state index contributed by atoms with van der Waals surface area (Å²) >= 11 is 5.85. The average molecular weight is 477 g/mol. The van der Waals surface area contributed by atoms with E-state index >= 15 is 0 Å². The summed E-state index contributed by atoms with van der Waals surface area (Å²) in [5.41, 5.74) is 1.99. The van der Waals surface area contributed by atoms with E-state index in [-0.39, 0.29) is 35.4 Å². The van der Waals surface area contributed by atoms with E-state index in [1.807, 2.05) is 31.2 Å². The van der Waals surface area contributed by atoms with Crippen molar-refractivity contribution in [2.75, 3.05) is 0 Å². The first-order chi connectivity index (χ1) is 16.4. The first-order valence-corrected chi connectivity index (χ1v) is 10.8. The molecule has 7 nitrogen and oxygen atoms in total. The molecule has 0 amide bonds. The first-order valence-electron chi connectivity index (χ1n) is 10.5. The number of aryl methyl sites for hydroxylation is 1. The first kappa shape index (κ1) is 21.8. The third kappa shape index (κ3) is 4.04. The lowest BCUT2D eigenvalue weighted by Gasteiger charge is -2.13. The number of para-hydroxylation sites is 1. The summed E-state index contributed by atoms with van der Waals surface area (Å²) in [5.74, 6) is -0.187. The Morgan fingerprint density at radius 1 is 0.971 bits per heavy atom. The fourth-order valence-electron chi connectivity index (χ4n) is 3.75. The molecule has 5 aromatic rings. The molecule has 0 radical (unpaired) electrons. The highest BCUT2D eigenvalue weighted by atomic mass is 35.5. The molecule has 0 saturated carbocycles. The summed E-state index contributed by atoms with van der Waals surface area (Å²) in [6.07, 6.45) is 0. The maximum atomic E-state index is 13.5. The molecule has 5 rings (SSSR count). The number of hydrogen-bond acceptors (Lipinski definition) is 5. The molecule has 2 aromatic heterocycles. The number of nitrogens with zero attached hydrogens (tertiary/aromatic N) is 4. The summed E-state index contributed by atoms with van der Waals surface area (Å²) in [7, 11) is 0. The predicted molar refractivity (Wildman–Crippen MR) is 127 cm³/mol. The predicted octanol–water partition coefficient (Wildman–Crippen LogP) is 4.41. The Labute approximate surface area is 197 Å². The van der Waals surface area contributed by atoms with E-state index in [2.05, 4.69) is 10.1 Å². The number of halogens is 2. The second-order valence-electron chi connectivity index (χ2n) is 7.90. The van der Waals surface area contributed by atoms with Crippen molar-refractivity contribution in [3.05, 3.63) is 115 Å². The van der Waals surface area contributed by atoms with Crippen LogP contribution >= 0.6 is 11.6 Å². The lowest BCUT2D eigenvalue weighted by molar-refractivity contribution is 0.369. The highest BCUT2D eigenvalue weighted by Gasteiger charge is 2.17. The summed E-state index contributed by atoms with van der Waals surface area (Å²) in [5, 5.41) is 4.27. The Hall–Kier alpha value is -4.04. The van der Waals surface area contributed by atoms with Gasteiger partial charge in [-0.15, -0.1) is 0 Å². The number of fused-ring (bicyclic) bond motifs is 1. The average Bonchev–Trinajstić information content (AvgIpc) is 3.31. The molecule has 0 spiro atoms. The van der Waals surface area contributed by atoms with E-state index in [1.54, 1.807) is 24.3 Å². The fourth-order valence-corrected chi connectivity index (χ4v) is 3.93. The van der Waals surface area contributed by atoms with Crippen LogP contribution in [-0.4, -0.2) is 19.3 Å². The van der Waals surface area contributed by atoms with Crippen LogP contribution in [0, 0.1) is 12.7 Å². The van der Waals surface area contributed by atoms with Crippen LogP contribution in [-0.2, 0) is 13.1 Å². The Bertz CT molecular complexity index is 1640. The van der Waals surface area contributed by atoms with Crippen molar-refractivity contribution >= 4 is 22.5 Å². The Morgan fingerprint density at radius 3 is 2.50 bits per heavy atom. The van der Waals surface area contributed by atoms with E-state index in [0.717, 1.165) is 11.1 Å². The third-order valence-electron chi connectivity index (χ3n) is 5.53. The molecule has 0 saturated heterocycles. The van der Waals surface area contributed by atoms with Gasteiger partial charge >= 0.3 is 5.69 Å². The van der Waals surface area contributed by atoms with Gasteiger partial charge in [-0.1, -0.05) is 58.7 Å². The molecule has 0 aliphatic carbocycles. The van der Waals surface area contributed by atoms with Crippen LogP contribution in [0.5, 0.6) is 0 Å². The van der Waals surface area contributed by atoms with Crippen LogP contribution in [0.25, 0.3) is 22.3 Å². The molecule has 0 bridgehead atoms. The minimum Gasteiger partial charge on any atom is -0.337 e. The summed E-state index contributed by atoms with van der Waals surface area (Å²) in [6, 6.07) is 18.6. The normalized spacial score (nSPS) is 11.3. The van der Waals surface area contributed by atoms with Crippen LogP contribution in [0.3, 0.4) is 0 Å². The van der Waals surface area contributed by atoms with E-state index in [4.69, 9.17) is 16.1 Å². The molecule has 0 aliphatic rings. The molecule has 34 heavy (non-hydrogen) atoms. The monoisotopic (exact) mass is 476 g/mol. The van der Waals surface area contributed by atoms with Crippen molar-refractivity contribution < 1.29 is 8.91 Å². The topological polar surface area (TPSA) is 82.9 Å². The van der Waals surface area contributed by atoms with Crippen LogP contribution in [0.4, 0.5) is 4.39 Å². The van der Waals surface area contributed by atoms with Crippen LogP contribution in [0.1, 0.15) is 17.0 Å². The van der Waals surface area contributed by atoms with Gasteiger partial charge in [0.05, 0.1) is 22.5 Å². The third-order valence-corrected chi connectivity index (χ3v) is 5.82. The summed E-state index contributed by atoms with van der Waals surface area (Å²) < 4.78 is 21.5. The molecule has 2 heterocycles. The zero-order chi connectivity index (χ0) is 23.8. The largest absolute Gasteiger partial charge is 0.337 e. The van der Waals surface area contributed by atoms with Crippen LogP contribution < -0.4 is 11.2 Å². The van der Waals surface area contributed by atoms with E-state index in [1.165, 1.54) is 27.3 Å². The summed E-state index contributed by atoms with van der Waals surface area (Å²) in [4.78, 5) is 30.9. The van der Waals surface area contributed by atoms with Crippen molar-refractivity contribution in [1.82, 2.24) is 19.3 Å². The summed E-state index contributed by atoms with van der Waals surface area (Å²) in [6.45, 7) is 2.05. The lowest BCUT2D eigenvalue weighted by atomic mass is 10.1. The van der Waals surface area contributed by atoms with Gasteiger partial charge in [-0.05, 0) is 42.8 Å². The minimum absolute atomic E-state index is 0.0462. The maximum absolute atomic E-state index is 13.5. The molecule has 0 atom stereocenters. The SMILES string of the molecule is Cc1ccc(Cn2c(=O)c3ccccc3n(Cc3nc(-c4ccc(F)c(Cl)c4)no3)c2=O)cc1. The van der Waals surface area contributed by atoms with Crippen molar-refractivity contribution in [3.8, 4) is 11.4 Å². The smallest absolute Gasteiger partial charge is 0.332 e. The number of benzene rings is 3. The molecular weight excluding hydrogens is 459 g/mol. The van der Waals surface area contributed by atoms with Crippen molar-refractivity contribution in [2.45, 2.75) is 20.0 Å². The van der Waals surface area contributed by atoms with Gasteiger partial charge in [0, 0.05) is 5.56 Å². The van der Waals surface area contributed by atoms with E-state index in [0.29, 0.717) is 16.5 Å². The number of hydrogen-bond donors (Lipinski definition) is 0. The zero-order valence-corrected chi connectivity index (χ0v) is 18.8. The molecule has 0 N–H and O–H groups in total. The number of rotatable bonds is 5. The minimum atomic E-state index is -0.553. The van der Waals surface area contributed by atoms with Gasteiger partial charge in [0.15, 0.2) is 0 Å². The molecule has 0 fully saturated rings. The quantitative estimate of drug-likeness (QED) is 0.375. The van der Waals surface area contributed by atoms with Gasteiger partial charge in [0.25, 0.3) is 5.56 Å². The lowest BCUT2D eigenvalue weighted by Crippen LogP contribution is -2.40. The second-order valence-corrected chi connectivity index (χ2v) is 8.31. The van der Waals surface area contributed by atoms with Crippen LogP contribution in [0.15, 0.2) is 80.8 Å². The van der Waals surface area contributed by atoms with Crippen LogP contribution in [0.2, 0.25) is 5.02 Å². The van der Waals surface area contributed by atoms with E-state index in [9.17, 15) is 14.0 Å². The van der Waals surface area contributed by atoms with Crippen molar-refractivity contribution in [1.29, 1.82) is 0 Å². The second kappa shape index (κ2) is 8.72. The van der Waals surface area contributed by atoms with Gasteiger partial charge in [-0.2, -0.15) is 4.98 Å². The Balaban J connectivity index is 1.57. The maximum Gasteiger partial charge on any atom is 0.332 e. The van der Waals surface area contributed by atoms with Crippen molar-refractivity contribution in [3.63, 3.8) is 0 Å². The zero-order valence-electron chi connectivity index (χ0n) is 18.0.